The first-order chi connectivity index (χ1) is 9.95. The normalized spacial score (nSPS) is 13.3. The summed E-state index contributed by atoms with van der Waals surface area (Å²) in [5, 5.41) is 11.8. The Hall–Kier alpha value is -2.04. The Morgan fingerprint density at radius 2 is 1.90 bits per heavy atom. The Bertz CT molecular complexity index is 462. The van der Waals surface area contributed by atoms with E-state index in [2.05, 4.69) is 5.32 Å². The number of rotatable bonds is 7. The third-order valence-electron chi connectivity index (χ3n) is 3.72. The largest absolute Gasteiger partial charge is 0.481 e. The lowest BCUT2D eigenvalue weighted by molar-refractivity contribution is -0.137. The maximum absolute atomic E-state index is 12.2. The maximum atomic E-state index is 12.2. The topological polar surface area (TPSA) is 69.6 Å². The van der Waals surface area contributed by atoms with Crippen molar-refractivity contribution in [3.63, 3.8) is 0 Å². The fourth-order valence-electron chi connectivity index (χ4n) is 2.00. The first-order valence-corrected chi connectivity index (χ1v) is 7.25. The summed E-state index contributed by atoms with van der Waals surface area (Å²) in [7, 11) is 1.75. The van der Waals surface area contributed by atoms with Crippen molar-refractivity contribution in [1.82, 2.24) is 10.2 Å². The molecular weight excluding hydrogens is 268 g/mol. The molecule has 0 spiro atoms. The van der Waals surface area contributed by atoms with Crippen molar-refractivity contribution in [2.24, 2.45) is 0 Å². The minimum Gasteiger partial charge on any atom is -0.481 e. The van der Waals surface area contributed by atoms with Crippen LogP contribution in [0, 0.1) is 0 Å². The zero-order chi connectivity index (χ0) is 15.8. The molecule has 2 atom stereocenters. The molecule has 5 nitrogen and oxygen atoms in total. The third kappa shape index (κ3) is 5.45. The molecule has 116 valence electrons. The van der Waals surface area contributed by atoms with Gasteiger partial charge in [-0.25, -0.2) is 4.79 Å². The summed E-state index contributed by atoms with van der Waals surface area (Å²) in [6.45, 7) is 4.00. The van der Waals surface area contributed by atoms with E-state index in [0.29, 0.717) is 6.42 Å². The van der Waals surface area contributed by atoms with Gasteiger partial charge >= 0.3 is 12.0 Å². The molecule has 0 fully saturated rings. The van der Waals surface area contributed by atoms with E-state index >= 15 is 0 Å². The molecule has 5 heteroatoms. The van der Waals surface area contributed by atoms with Crippen LogP contribution in [0.3, 0.4) is 0 Å². The second kappa shape index (κ2) is 8.29. The molecule has 2 unspecified atom stereocenters. The number of amides is 2. The minimum absolute atomic E-state index is 0.0207. The minimum atomic E-state index is -0.861. The number of aliphatic carboxylic acids is 1. The molecule has 21 heavy (non-hydrogen) atoms. The fourth-order valence-corrected chi connectivity index (χ4v) is 2.00. The summed E-state index contributed by atoms with van der Waals surface area (Å²) >= 11 is 0. The van der Waals surface area contributed by atoms with Gasteiger partial charge in [0.1, 0.15) is 0 Å². The van der Waals surface area contributed by atoms with E-state index in [0.717, 1.165) is 12.0 Å². The van der Waals surface area contributed by atoms with Crippen molar-refractivity contribution in [2.45, 2.75) is 45.2 Å². The molecule has 0 aliphatic heterocycles. The fraction of sp³-hybridized carbons (Fsp3) is 0.500. The van der Waals surface area contributed by atoms with Crippen LogP contribution < -0.4 is 5.32 Å². The van der Waals surface area contributed by atoms with Crippen LogP contribution in [-0.4, -0.2) is 35.1 Å². The monoisotopic (exact) mass is 292 g/mol. The van der Waals surface area contributed by atoms with Crippen molar-refractivity contribution >= 4 is 12.0 Å². The molecule has 0 heterocycles. The zero-order valence-corrected chi connectivity index (χ0v) is 12.9. The predicted octanol–water partition coefficient (Wildman–Crippen LogP) is 3.03. The highest BCUT2D eigenvalue weighted by molar-refractivity contribution is 5.75. The van der Waals surface area contributed by atoms with E-state index in [9.17, 15) is 9.59 Å². The number of benzene rings is 1. The van der Waals surface area contributed by atoms with Gasteiger partial charge in [0.15, 0.2) is 0 Å². The summed E-state index contributed by atoms with van der Waals surface area (Å²) in [4.78, 5) is 24.7. The van der Waals surface area contributed by atoms with Gasteiger partial charge in [0.2, 0.25) is 0 Å². The molecular formula is C16H24N2O3. The number of urea groups is 1. The smallest absolute Gasteiger partial charge is 0.317 e. The van der Waals surface area contributed by atoms with E-state index in [1.807, 2.05) is 44.2 Å². The number of carbonyl (C=O) groups excluding carboxylic acids is 1. The number of carboxylic acid groups (broad SMARTS) is 1. The second-order valence-corrected chi connectivity index (χ2v) is 5.21. The molecule has 0 aliphatic rings. The van der Waals surface area contributed by atoms with Gasteiger partial charge in [-0.05, 0) is 25.3 Å². The van der Waals surface area contributed by atoms with Crippen molar-refractivity contribution in [2.75, 3.05) is 7.05 Å². The van der Waals surface area contributed by atoms with Gasteiger partial charge in [-0.3, -0.25) is 4.79 Å². The highest BCUT2D eigenvalue weighted by atomic mass is 16.4. The average molecular weight is 292 g/mol. The predicted molar refractivity (Wildman–Crippen MR) is 82.1 cm³/mol. The van der Waals surface area contributed by atoms with E-state index in [4.69, 9.17) is 5.11 Å². The Kier molecular flexibility index (Phi) is 6.72. The molecule has 0 bridgehead atoms. The standard InChI is InChI=1S/C16H24N2O3/c1-4-12(2)18(3)16(21)17-14(10-11-15(19)20)13-8-6-5-7-9-13/h5-9,12,14H,4,10-11H2,1-3H3,(H,17,21)(H,19,20). The van der Waals surface area contributed by atoms with Crippen LogP contribution in [0.2, 0.25) is 0 Å². The second-order valence-electron chi connectivity index (χ2n) is 5.21. The number of carboxylic acids is 1. The van der Waals surface area contributed by atoms with Crippen LogP contribution >= 0.6 is 0 Å². The quantitative estimate of drug-likeness (QED) is 0.811. The summed E-state index contributed by atoms with van der Waals surface area (Å²) in [6.07, 6.45) is 1.27. The SMILES string of the molecule is CCC(C)N(C)C(=O)NC(CCC(=O)O)c1ccccc1. The van der Waals surface area contributed by atoms with Crippen LogP contribution in [0.4, 0.5) is 4.79 Å². The molecule has 0 saturated carbocycles. The maximum Gasteiger partial charge on any atom is 0.317 e. The van der Waals surface area contributed by atoms with Crippen LogP contribution in [0.25, 0.3) is 0 Å². The Balaban J connectivity index is 2.78. The van der Waals surface area contributed by atoms with Gasteiger partial charge in [0.25, 0.3) is 0 Å². The zero-order valence-electron chi connectivity index (χ0n) is 12.9. The van der Waals surface area contributed by atoms with Gasteiger partial charge in [-0.2, -0.15) is 0 Å². The Morgan fingerprint density at radius 1 is 1.29 bits per heavy atom. The van der Waals surface area contributed by atoms with Gasteiger partial charge in [-0.15, -0.1) is 0 Å². The van der Waals surface area contributed by atoms with Gasteiger partial charge in [0, 0.05) is 19.5 Å². The van der Waals surface area contributed by atoms with Crippen LogP contribution in [0.5, 0.6) is 0 Å². The molecule has 0 aromatic heterocycles. The highest BCUT2D eigenvalue weighted by Crippen LogP contribution is 2.19. The van der Waals surface area contributed by atoms with E-state index < -0.39 is 5.97 Å². The lowest BCUT2D eigenvalue weighted by atomic mass is 10.0. The summed E-state index contributed by atoms with van der Waals surface area (Å²) < 4.78 is 0. The summed E-state index contributed by atoms with van der Waals surface area (Å²) in [6, 6.07) is 9.13. The average Bonchev–Trinajstić information content (AvgIpc) is 2.50. The molecule has 1 rings (SSSR count). The molecule has 2 amide bonds. The molecule has 0 saturated heterocycles. The van der Waals surface area contributed by atoms with Gasteiger partial charge < -0.3 is 15.3 Å². The first-order valence-electron chi connectivity index (χ1n) is 7.25. The van der Waals surface area contributed by atoms with Crippen LogP contribution in [0.15, 0.2) is 30.3 Å². The molecule has 0 radical (unpaired) electrons. The van der Waals surface area contributed by atoms with E-state index in [-0.39, 0.29) is 24.5 Å². The number of nitrogens with zero attached hydrogens (tertiary/aromatic N) is 1. The van der Waals surface area contributed by atoms with Crippen LogP contribution in [0.1, 0.15) is 44.7 Å². The van der Waals surface area contributed by atoms with Crippen LogP contribution in [-0.2, 0) is 4.79 Å². The Morgan fingerprint density at radius 3 is 2.43 bits per heavy atom. The lowest BCUT2D eigenvalue weighted by Crippen LogP contribution is -2.43. The number of hydrogen-bond acceptors (Lipinski definition) is 2. The van der Waals surface area contributed by atoms with Crippen molar-refractivity contribution in [3.8, 4) is 0 Å². The molecule has 2 N–H and O–H groups in total. The highest BCUT2D eigenvalue weighted by Gasteiger charge is 2.20. The van der Waals surface area contributed by atoms with Crippen molar-refractivity contribution < 1.29 is 14.7 Å². The molecule has 1 aromatic rings. The number of hydrogen-bond donors (Lipinski definition) is 2. The summed E-state index contributed by atoms with van der Waals surface area (Å²) in [5.41, 5.74) is 0.921. The molecule has 1 aromatic carbocycles. The number of nitrogens with one attached hydrogen (secondary N) is 1. The first kappa shape index (κ1) is 17.0. The van der Waals surface area contributed by atoms with E-state index in [1.165, 1.54) is 0 Å². The van der Waals surface area contributed by atoms with Crippen molar-refractivity contribution in [1.29, 1.82) is 0 Å². The Labute approximate surface area is 126 Å². The van der Waals surface area contributed by atoms with Crippen molar-refractivity contribution in [3.05, 3.63) is 35.9 Å². The van der Waals surface area contributed by atoms with Gasteiger partial charge in [0.05, 0.1) is 6.04 Å². The number of carbonyl (C=O) groups is 2. The lowest BCUT2D eigenvalue weighted by Gasteiger charge is -2.27. The van der Waals surface area contributed by atoms with Gasteiger partial charge in [-0.1, -0.05) is 37.3 Å². The third-order valence-corrected chi connectivity index (χ3v) is 3.72. The van der Waals surface area contributed by atoms with E-state index in [1.54, 1.807) is 11.9 Å². The molecule has 0 aliphatic carbocycles. The summed E-state index contributed by atoms with van der Waals surface area (Å²) in [5.74, 6) is -0.861.